The largest absolute Gasteiger partial charge is 0.480 e. The molecule has 1 rings (SSSR count). The first-order chi connectivity index (χ1) is 6.09. The maximum atomic E-state index is 10.6. The minimum absolute atomic E-state index is 0.288. The SMILES string of the molecule is CC(=O)N[C@@H](CSC1CC1)C(=O)O. The standard InChI is InChI=1S/C8H13NO3S/c1-5(10)9-7(8(11)12)4-13-6-2-3-6/h6-7H,2-4H2,1H3,(H,9,10)(H,11,12)/t7-/m0/s1. The van der Waals surface area contributed by atoms with Crippen LogP contribution in [-0.2, 0) is 9.59 Å². The van der Waals surface area contributed by atoms with Gasteiger partial charge < -0.3 is 10.4 Å². The van der Waals surface area contributed by atoms with Crippen molar-refractivity contribution in [1.29, 1.82) is 0 Å². The number of amides is 1. The number of carbonyl (C=O) groups excluding carboxylic acids is 1. The van der Waals surface area contributed by atoms with Gasteiger partial charge in [-0.05, 0) is 12.8 Å². The van der Waals surface area contributed by atoms with E-state index in [1.165, 1.54) is 19.8 Å². The summed E-state index contributed by atoms with van der Waals surface area (Å²) < 4.78 is 0. The molecular weight excluding hydrogens is 190 g/mol. The number of hydrogen-bond donors (Lipinski definition) is 2. The fraction of sp³-hybridized carbons (Fsp3) is 0.750. The molecule has 13 heavy (non-hydrogen) atoms. The van der Waals surface area contributed by atoms with Crippen molar-refractivity contribution in [2.45, 2.75) is 31.1 Å². The number of carboxylic acid groups (broad SMARTS) is 1. The molecule has 1 atom stereocenters. The number of thioether (sulfide) groups is 1. The van der Waals surface area contributed by atoms with Crippen LogP contribution in [-0.4, -0.2) is 34.0 Å². The fourth-order valence-corrected chi connectivity index (χ4v) is 2.05. The van der Waals surface area contributed by atoms with Gasteiger partial charge in [-0.1, -0.05) is 0 Å². The molecule has 0 aromatic carbocycles. The monoisotopic (exact) mass is 203 g/mol. The molecule has 5 heteroatoms. The molecule has 0 aliphatic heterocycles. The first-order valence-corrected chi connectivity index (χ1v) is 5.26. The second kappa shape index (κ2) is 4.50. The van der Waals surface area contributed by atoms with Crippen LogP contribution in [0.4, 0.5) is 0 Å². The summed E-state index contributed by atoms with van der Waals surface area (Å²) in [6, 6.07) is -0.733. The summed E-state index contributed by atoms with van der Waals surface area (Å²) in [4.78, 5) is 21.3. The summed E-state index contributed by atoms with van der Waals surface area (Å²) in [6.07, 6.45) is 2.36. The van der Waals surface area contributed by atoms with Gasteiger partial charge in [0.15, 0.2) is 0 Å². The number of carbonyl (C=O) groups is 2. The molecule has 1 saturated carbocycles. The molecule has 1 amide bonds. The van der Waals surface area contributed by atoms with E-state index in [9.17, 15) is 9.59 Å². The average molecular weight is 203 g/mol. The summed E-state index contributed by atoms with van der Waals surface area (Å²) in [5.74, 6) is -0.772. The molecule has 0 saturated heterocycles. The average Bonchev–Trinajstić information content (AvgIpc) is 2.79. The molecule has 1 aliphatic rings. The molecule has 0 bridgehead atoms. The second-order valence-electron chi connectivity index (χ2n) is 3.12. The van der Waals surface area contributed by atoms with E-state index < -0.39 is 12.0 Å². The molecule has 0 radical (unpaired) electrons. The summed E-state index contributed by atoms with van der Waals surface area (Å²) >= 11 is 1.63. The lowest BCUT2D eigenvalue weighted by atomic mass is 10.3. The Bertz CT molecular complexity index is 215. The van der Waals surface area contributed by atoms with Crippen LogP contribution in [0, 0.1) is 0 Å². The first-order valence-electron chi connectivity index (χ1n) is 4.21. The fourth-order valence-electron chi connectivity index (χ4n) is 0.887. The third-order valence-electron chi connectivity index (χ3n) is 1.70. The lowest BCUT2D eigenvalue weighted by Crippen LogP contribution is -2.41. The van der Waals surface area contributed by atoms with Crippen molar-refractivity contribution >= 4 is 23.6 Å². The molecule has 2 N–H and O–H groups in total. The Labute approximate surface area is 81.1 Å². The molecular formula is C8H13NO3S. The van der Waals surface area contributed by atoms with E-state index in [0.29, 0.717) is 11.0 Å². The normalized spacial score (nSPS) is 17.9. The first kappa shape index (κ1) is 10.4. The van der Waals surface area contributed by atoms with Crippen LogP contribution in [0.3, 0.4) is 0 Å². The van der Waals surface area contributed by atoms with Crippen LogP contribution in [0.1, 0.15) is 19.8 Å². The van der Waals surface area contributed by atoms with E-state index in [-0.39, 0.29) is 5.91 Å². The van der Waals surface area contributed by atoms with E-state index in [2.05, 4.69) is 5.32 Å². The molecule has 0 aromatic heterocycles. The van der Waals surface area contributed by atoms with Crippen LogP contribution >= 0.6 is 11.8 Å². The van der Waals surface area contributed by atoms with Gasteiger partial charge >= 0.3 is 5.97 Å². The Kier molecular flexibility index (Phi) is 3.59. The van der Waals surface area contributed by atoms with Gasteiger partial charge in [0.2, 0.25) is 5.91 Å². The number of rotatable bonds is 5. The highest BCUT2D eigenvalue weighted by molar-refractivity contribution is 8.00. The third kappa shape index (κ3) is 4.17. The zero-order valence-electron chi connectivity index (χ0n) is 7.45. The van der Waals surface area contributed by atoms with Crippen molar-refractivity contribution < 1.29 is 14.7 Å². The Morgan fingerprint density at radius 3 is 2.62 bits per heavy atom. The van der Waals surface area contributed by atoms with Crippen LogP contribution in [0.2, 0.25) is 0 Å². The summed E-state index contributed by atoms with van der Waals surface area (Å²) in [6.45, 7) is 1.33. The number of aliphatic carboxylic acids is 1. The van der Waals surface area contributed by atoms with Gasteiger partial charge in [-0.3, -0.25) is 4.79 Å². The van der Waals surface area contributed by atoms with Crippen molar-refractivity contribution in [2.24, 2.45) is 0 Å². The summed E-state index contributed by atoms with van der Waals surface area (Å²) in [7, 11) is 0. The van der Waals surface area contributed by atoms with E-state index >= 15 is 0 Å². The van der Waals surface area contributed by atoms with Gasteiger partial charge in [-0.15, -0.1) is 0 Å². The van der Waals surface area contributed by atoms with Crippen LogP contribution < -0.4 is 5.32 Å². The van der Waals surface area contributed by atoms with E-state index in [4.69, 9.17) is 5.11 Å². The zero-order chi connectivity index (χ0) is 9.84. The highest BCUT2D eigenvalue weighted by Gasteiger charge is 2.26. The maximum absolute atomic E-state index is 10.6. The smallest absolute Gasteiger partial charge is 0.327 e. The Morgan fingerprint density at radius 1 is 1.62 bits per heavy atom. The minimum Gasteiger partial charge on any atom is -0.480 e. The summed E-state index contributed by atoms with van der Waals surface area (Å²) in [5.41, 5.74) is 0. The predicted octanol–water partition coefficient (Wildman–Crippen LogP) is 0.471. The van der Waals surface area contributed by atoms with Gasteiger partial charge in [-0.2, -0.15) is 11.8 Å². The van der Waals surface area contributed by atoms with Gasteiger partial charge in [0.1, 0.15) is 6.04 Å². The molecule has 4 nitrogen and oxygen atoms in total. The van der Waals surface area contributed by atoms with Crippen molar-refractivity contribution in [1.82, 2.24) is 5.32 Å². The number of nitrogens with one attached hydrogen (secondary N) is 1. The minimum atomic E-state index is -0.955. The van der Waals surface area contributed by atoms with Crippen LogP contribution in [0.15, 0.2) is 0 Å². The molecule has 0 heterocycles. The number of hydrogen-bond acceptors (Lipinski definition) is 3. The molecule has 0 spiro atoms. The Balaban J connectivity index is 2.27. The zero-order valence-corrected chi connectivity index (χ0v) is 8.26. The Morgan fingerprint density at radius 2 is 2.23 bits per heavy atom. The topological polar surface area (TPSA) is 66.4 Å². The lowest BCUT2D eigenvalue weighted by molar-refractivity contribution is -0.140. The van der Waals surface area contributed by atoms with E-state index in [1.807, 2.05) is 0 Å². The Hall–Kier alpha value is -0.710. The van der Waals surface area contributed by atoms with Gasteiger partial charge in [0, 0.05) is 17.9 Å². The molecule has 0 unspecified atom stereocenters. The van der Waals surface area contributed by atoms with Crippen molar-refractivity contribution in [3.05, 3.63) is 0 Å². The van der Waals surface area contributed by atoms with E-state index in [0.717, 1.165) is 0 Å². The highest BCUT2D eigenvalue weighted by Crippen LogP contribution is 2.34. The maximum Gasteiger partial charge on any atom is 0.327 e. The van der Waals surface area contributed by atoms with Gasteiger partial charge in [0.25, 0.3) is 0 Å². The third-order valence-corrected chi connectivity index (χ3v) is 3.17. The molecule has 1 aliphatic carbocycles. The molecule has 0 aromatic rings. The van der Waals surface area contributed by atoms with E-state index in [1.54, 1.807) is 11.8 Å². The molecule has 1 fully saturated rings. The van der Waals surface area contributed by atoms with Crippen LogP contribution in [0.5, 0.6) is 0 Å². The summed E-state index contributed by atoms with van der Waals surface area (Å²) in [5, 5.41) is 11.8. The van der Waals surface area contributed by atoms with Crippen molar-refractivity contribution in [3.63, 3.8) is 0 Å². The lowest BCUT2D eigenvalue weighted by Gasteiger charge is -2.11. The molecule has 74 valence electrons. The van der Waals surface area contributed by atoms with Gasteiger partial charge in [0.05, 0.1) is 0 Å². The van der Waals surface area contributed by atoms with Crippen LogP contribution in [0.25, 0.3) is 0 Å². The van der Waals surface area contributed by atoms with Crippen molar-refractivity contribution in [2.75, 3.05) is 5.75 Å². The van der Waals surface area contributed by atoms with Gasteiger partial charge in [-0.25, -0.2) is 4.79 Å². The quantitative estimate of drug-likeness (QED) is 0.681. The number of carboxylic acids is 1. The van der Waals surface area contributed by atoms with Crippen molar-refractivity contribution in [3.8, 4) is 0 Å². The highest BCUT2D eigenvalue weighted by atomic mass is 32.2. The predicted molar refractivity (Wildman–Crippen MR) is 50.7 cm³/mol. The second-order valence-corrected chi connectivity index (χ2v) is 4.46.